The van der Waals surface area contributed by atoms with Crippen LogP contribution in [0.5, 0.6) is 0 Å². The predicted octanol–water partition coefficient (Wildman–Crippen LogP) is 2.59. The summed E-state index contributed by atoms with van der Waals surface area (Å²) in [5.41, 5.74) is 2.44. The van der Waals surface area contributed by atoms with Crippen molar-refractivity contribution >= 4 is 18.7 Å². The number of nitrogens with zero attached hydrogens (tertiary/aromatic N) is 2. The van der Waals surface area contributed by atoms with Gasteiger partial charge in [0.1, 0.15) is 11.8 Å². The van der Waals surface area contributed by atoms with Gasteiger partial charge in [-0.2, -0.15) is 17.9 Å². The van der Waals surface area contributed by atoms with Crippen LogP contribution < -0.4 is 0 Å². The van der Waals surface area contributed by atoms with Crippen molar-refractivity contribution in [3.05, 3.63) is 35.2 Å². The van der Waals surface area contributed by atoms with Gasteiger partial charge >= 0.3 is 0 Å². The van der Waals surface area contributed by atoms with Crippen molar-refractivity contribution in [1.82, 2.24) is 4.98 Å². The number of thiol groups is 1. The van der Waals surface area contributed by atoms with Crippen molar-refractivity contribution in [3.63, 3.8) is 0 Å². The molecular formula is C11H12N2S. The SMILES string of the molecule is Cc1cc(C=CCCS)cnc1C#N. The van der Waals surface area contributed by atoms with E-state index < -0.39 is 0 Å². The van der Waals surface area contributed by atoms with Crippen molar-refractivity contribution in [3.8, 4) is 6.07 Å². The normalized spacial score (nSPS) is 10.4. The second-order valence-corrected chi connectivity index (χ2v) is 3.41. The van der Waals surface area contributed by atoms with Crippen LogP contribution in [-0.4, -0.2) is 10.7 Å². The van der Waals surface area contributed by atoms with E-state index in [-0.39, 0.29) is 0 Å². The zero-order chi connectivity index (χ0) is 10.4. The van der Waals surface area contributed by atoms with Crippen LogP contribution >= 0.6 is 12.6 Å². The summed E-state index contributed by atoms with van der Waals surface area (Å²) in [4.78, 5) is 4.04. The Hall–Kier alpha value is -1.27. The second-order valence-electron chi connectivity index (χ2n) is 2.96. The number of allylic oxidation sites excluding steroid dienone is 1. The van der Waals surface area contributed by atoms with Crippen LogP contribution in [-0.2, 0) is 0 Å². The minimum atomic E-state index is 0.497. The van der Waals surface area contributed by atoms with E-state index in [4.69, 9.17) is 5.26 Å². The summed E-state index contributed by atoms with van der Waals surface area (Å²) < 4.78 is 0. The Bertz CT molecular complexity index is 377. The van der Waals surface area contributed by atoms with Gasteiger partial charge in [0.15, 0.2) is 0 Å². The molecule has 0 spiro atoms. The largest absolute Gasteiger partial charge is 0.245 e. The van der Waals surface area contributed by atoms with Crippen LogP contribution in [0.3, 0.4) is 0 Å². The Balaban J connectivity index is 2.82. The molecule has 0 aliphatic carbocycles. The standard InChI is InChI=1S/C11H12N2S/c1-9-6-10(4-2-3-5-14)8-13-11(9)7-12/h2,4,6,8,14H,3,5H2,1H3. The summed E-state index contributed by atoms with van der Waals surface area (Å²) in [5.74, 6) is 0.846. The minimum absolute atomic E-state index is 0.497. The third-order valence-corrected chi connectivity index (χ3v) is 2.07. The molecule has 1 heterocycles. The molecule has 72 valence electrons. The summed E-state index contributed by atoms with van der Waals surface area (Å²) in [5, 5.41) is 8.68. The van der Waals surface area contributed by atoms with Gasteiger partial charge in [0.2, 0.25) is 0 Å². The summed E-state index contributed by atoms with van der Waals surface area (Å²) in [7, 11) is 0. The highest BCUT2D eigenvalue weighted by molar-refractivity contribution is 7.80. The van der Waals surface area contributed by atoms with Crippen LogP contribution in [0.4, 0.5) is 0 Å². The first-order valence-electron chi connectivity index (χ1n) is 4.42. The highest BCUT2D eigenvalue weighted by Crippen LogP contribution is 2.08. The molecule has 14 heavy (non-hydrogen) atoms. The quantitative estimate of drug-likeness (QED) is 0.768. The second kappa shape index (κ2) is 5.46. The van der Waals surface area contributed by atoms with Crippen molar-refractivity contribution in [2.45, 2.75) is 13.3 Å². The summed E-state index contributed by atoms with van der Waals surface area (Å²) in [6.07, 6.45) is 6.70. The van der Waals surface area contributed by atoms with Crippen molar-refractivity contribution in [2.75, 3.05) is 5.75 Å². The van der Waals surface area contributed by atoms with Gasteiger partial charge in [0, 0.05) is 6.20 Å². The van der Waals surface area contributed by atoms with Gasteiger partial charge in [0.25, 0.3) is 0 Å². The molecule has 0 N–H and O–H groups in total. The van der Waals surface area contributed by atoms with E-state index in [9.17, 15) is 0 Å². The Morgan fingerprint density at radius 3 is 3.00 bits per heavy atom. The number of hydrogen-bond acceptors (Lipinski definition) is 3. The molecule has 0 fully saturated rings. The van der Waals surface area contributed by atoms with E-state index in [1.807, 2.05) is 25.1 Å². The number of aryl methyl sites for hydroxylation is 1. The van der Waals surface area contributed by atoms with E-state index in [1.54, 1.807) is 6.20 Å². The lowest BCUT2D eigenvalue weighted by molar-refractivity contribution is 1.20. The molecule has 1 aromatic heterocycles. The molecule has 0 amide bonds. The number of aromatic nitrogens is 1. The maximum atomic E-state index is 8.68. The lowest BCUT2D eigenvalue weighted by atomic mass is 10.1. The zero-order valence-corrected chi connectivity index (χ0v) is 8.96. The van der Waals surface area contributed by atoms with Crippen LogP contribution in [0.1, 0.15) is 23.2 Å². The molecule has 0 unspecified atom stereocenters. The first-order chi connectivity index (χ1) is 6.77. The van der Waals surface area contributed by atoms with Gasteiger partial charge in [-0.25, -0.2) is 4.98 Å². The Labute approximate surface area is 89.7 Å². The van der Waals surface area contributed by atoms with E-state index in [1.165, 1.54) is 0 Å². The number of hydrogen-bond donors (Lipinski definition) is 1. The topological polar surface area (TPSA) is 36.7 Å². The van der Waals surface area contributed by atoms with Crippen molar-refractivity contribution < 1.29 is 0 Å². The van der Waals surface area contributed by atoms with Crippen molar-refractivity contribution in [1.29, 1.82) is 5.26 Å². The Kier molecular flexibility index (Phi) is 4.21. The highest BCUT2D eigenvalue weighted by atomic mass is 32.1. The monoisotopic (exact) mass is 204 g/mol. The number of nitriles is 1. The fraction of sp³-hybridized carbons (Fsp3) is 0.273. The summed E-state index contributed by atoms with van der Waals surface area (Å²) in [6.45, 7) is 1.89. The first-order valence-corrected chi connectivity index (χ1v) is 5.05. The highest BCUT2D eigenvalue weighted by Gasteiger charge is 1.97. The van der Waals surface area contributed by atoms with Gasteiger partial charge in [0.05, 0.1) is 0 Å². The summed E-state index contributed by atoms with van der Waals surface area (Å²) >= 11 is 4.11. The average Bonchev–Trinajstić information content (AvgIpc) is 2.18. The zero-order valence-electron chi connectivity index (χ0n) is 8.07. The fourth-order valence-corrected chi connectivity index (χ4v) is 1.25. The van der Waals surface area contributed by atoms with E-state index in [2.05, 4.69) is 23.7 Å². The van der Waals surface area contributed by atoms with Gasteiger partial charge in [-0.15, -0.1) is 0 Å². The third-order valence-electron chi connectivity index (χ3n) is 1.81. The summed E-state index contributed by atoms with van der Waals surface area (Å²) in [6, 6.07) is 4.00. The van der Waals surface area contributed by atoms with Gasteiger partial charge in [-0.3, -0.25) is 0 Å². The lowest BCUT2D eigenvalue weighted by Crippen LogP contribution is -1.88. The molecule has 1 aromatic rings. The Morgan fingerprint density at radius 2 is 2.43 bits per heavy atom. The third kappa shape index (κ3) is 2.90. The maximum Gasteiger partial charge on any atom is 0.143 e. The van der Waals surface area contributed by atoms with Gasteiger partial charge < -0.3 is 0 Å². The molecule has 0 bridgehead atoms. The number of pyridine rings is 1. The molecule has 0 aliphatic heterocycles. The van der Waals surface area contributed by atoms with Gasteiger partial charge in [-0.05, 0) is 36.3 Å². The molecule has 0 radical (unpaired) electrons. The van der Waals surface area contributed by atoms with Crippen LogP contribution in [0.2, 0.25) is 0 Å². The van der Waals surface area contributed by atoms with Crippen molar-refractivity contribution in [2.24, 2.45) is 0 Å². The molecule has 3 heteroatoms. The van der Waals surface area contributed by atoms with Crippen LogP contribution in [0.25, 0.3) is 6.08 Å². The van der Waals surface area contributed by atoms with Crippen LogP contribution in [0.15, 0.2) is 18.3 Å². The van der Waals surface area contributed by atoms with Gasteiger partial charge in [-0.1, -0.05) is 12.2 Å². The molecular weight excluding hydrogens is 192 g/mol. The predicted molar refractivity (Wildman–Crippen MR) is 61.2 cm³/mol. The molecule has 0 aromatic carbocycles. The molecule has 1 rings (SSSR count). The number of rotatable bonds is 3. The first kappa shape index (κ1) is 10.8. The lowest BCUT2D eigenvalue weighted by Gasteiger charge is -1.97. The molecule has 0 saturated carbocycles. The molecule has 0 saturated heterocycles. The molecule has 2 nitrogen and oxygen atoms in total. The average molecular weight is 204 g/mol. The molecule has 0 atom stereocenters. The smallest absolute Gasteiger partial charge is 0.143 e. The molecule has 0 aliphatic rings. The Morgan fingerprint density at radius 1 is 1.64 bits per heavy atom. The van der Waals surface area contributed by atoms with Crippen LogP contribution in [0, 0.1) is 18.3 Å². The maximum absolute atomic E-state index is 8.68. The van der Waals surface area contributed by atoms with E-state index >= 15 is 0 Å². The van der Waals surface area contributed by atoms with E-state index in [0.29, 0.717) is 5.69 Å². The fourth-order valence-electron chi connectivity index (χ4n) is 1.10. The minimum Gasteiger partial charge on any atom is -0.245 e. The van der Waals surface area contributed by atoms with E-state index in [0.717, 1.165) is 23.3 Å².